The van der Waals surface area contributed by atoms with E-state index in [1.54, 1.807) is 6.07 Å². The standard InChI is InChI=1S/C21H23FN2O3S/c1-28(25,26)24-9-3-8-23(10-11-24)15-20-14-18-12-17(6-7-21(18)27-20)16-4-2-5-19(22)13-16/h2,4-7,12-14H,3,8-11,15H2,1H3. The van der Waals surface area contributed by atoms with E-state index in [9.17, 15) is 12.8 Å². The molecule has 1 aliphatic heterocycles. The molecule has 5 nitrogen and oxygen atoms in total. The molecule has 0 spiro atoms. The molecule has 4 rings (SSSR count). The first-order valence-electron chi connectivity index (χ1n) is 9.34. The van der Waals surface area contributed by atoms with Gasteiger partial charge >= 0.3 is 0 Å². The van der Waals surface area contributed by atoms with Crippen molar-refractivity contribution in [1.29, 1.82) is 0 Å². The first-order chi connectivity index (χ1) is 13.4. The summed E-state index contributed by atoms with van der Waals surface area (Å²) in [5, 5.41) is 0.976. The molecule has 28 heavy (non-hydrogen) atoms. The summed E-state index contributed by atoms with van der Waals surface area (Å²) in [7, 11) is -3.14. The summed E-state index contributed by atoms with van der Waals surface area (Å²) in [6.07, 6.45) is 2.06. The lowest BCUT2D eigenvalue weighted by Crippen LogP contribution is -2.34. The smallest absolute Gasteiger partial charge is 0.211 e. The Labute approximate surface area is 164 Å². The predicted octanol–water partition coefficient (Wildman–Crippen LogP) is 3.71. The van der Waals surface area contributed by atoms with Gasteiger partial charge < -0.3 is 4.42 Å². The maximum Gasteiger partial charge on any atom is 0.211 e. The molecule has 3 aromatic rings. The minimum absolute atomic E-state index is 0.255. The van der Waals surface area contributed by atoms with Gasteiger partial charge in [-0.25, -0.2) is 17.1 Å². The Morgan fingerprint density at radius 2 is 1.82 bits per heavy atom. The van der Waals surface area contributed by atoms with Gasteiger partial charge in [-0.05, 0) is 54.4 Å². The quantitative estimate of drug-likeness (QED) is 0.668. The second-order valence-corrected chi connectivity index (χ2v) is 9.25. The minimum Gasteiger partial charge on any atom is -0.460 e. The van der Waals surface area contributed by atoms with Gasteiger partial charge in [0.05, 0.1) is 12.8 Å². The van der Waals surface area contributed by atoms with E-state index < -0.39 is 10.0 Å². The second kappa shape index (κ2) is 7.66. The Morgan fingerprint density at radius 1 is 1.00 bits per heavy atom. The third-order valence-corrected chi connectivity index (χ3v) is 6.42. The molecule has 2 heterocycles. The van der Waals surface area contributed by atoms with Crippen LogP contribution in [-0.4, -0.2) is 50.1 Å². The van der Waals surface area contributed by atoms with Crippen LogP contribution >= 0.6 is 0 Å². The van der Waals surface area contributed by atoms with Crippen LogP contribution in [0.4, 0.5) is 4.39 Å². The lowest BCUT2D eigenvalue weighted by molar-refractivity contribution is 0.258. The fourth-order valence-electron chi connectivity index (χ4n) is 3.68. The molecule has 0 aliphatic carbocycles. The lowest BCUT2D eigenvalue weighted by atomic mass is 10.0. The van der Waals surface area contributed by atoms with Crippen molar-refractivity contribution < 1.29 is 17.2 Å². The highest BCUT2D eigenvalue weighted by Crippen LogP contribution is 2.28. The molecule has 0 radical (unpaired) electrons. The number of fused-ring (bicyclic) bond motifs is 1. The van der Waals surface area contributed by atoms with Gasteiger partial charge in [0.15, 0.2) is 0 Å². The number of furan rings is 1. The van der Waals surface area contributed by atoms with Gasteiger partial charge in [-0.2, -0.15) is 0 Å². The zero-order valence-electron chi connectivity index (χ0n) is 15.8. The molecular formula is C21H23FN2O3S. The molecule has 1 saturated heterocycles. The first-order valence-corrected chi connectivity index (χ1v) is 11.2. The summed E-state index contributed by atoms with van der Waals surface area (Å²) < 4.78 is 44.5. The van der Waals surface area contributed by atoms with Crippen LogP contribution < -0.4 is 0 Å². The fraction of sp³-hybridized carbons (Fsp3) is 0.333. The third kappa shape index (κ3) is 4.27. The summed E-state index contributed by atoms with van der Waals surface area (Å²) in [5.41, 5.74) is 2.57. The van der Waals surface area contributed by atoms with Gasteiger partial charge in [0.1, 0.15) is 17.2 Å². The highest BCUT2D eigenvalue weighted by molar-refractivity contribution is 7.88. The largest absolute Gasteiger partial charge is 0.460 e. The van der Waals surface area contributed by atoms with Crippen LogP contribution in [0.5, 0.6) is 0 Å². The zero-order chi connectivity index (χ0) is 19.7. The molecule has 0 N–H and O–H groups in total. The molecule has 0 bridgehead atoms. The zero-order valence-corrected chi connectivity index (χ0v) is 16.6. The predicted molar refractivity (Wildman–Crippen MR) is 108 cm³/mol. The van der Waals surface area contributed by atoms with Crippen LogP contribution in [0.3, 0.4) is 0 Å². The van der Waals surface area contributed by atoms with Crippen molar-refractivity contribution in [2.75, 3.05) is 32.4 Å². The molecule has 2 aromatic carbocycles. The van der Waals surface area contributed by atoms with Crippen molar-refractivity contribution in [3.05, 3.63) is 60.1 Å². The van der Waals surface area contributed by atoms with Gasteiger partial charge in [-0.3, -0.25) is 4.90 Å². The van der Waals surface area contributed by atoms with Gasteiger partial charge in [-0.15, -0.1) is 0 Å². The molecule has 1 aromatic heterocycles. The number of rotatable bonds is 4. The van der Waals surface area contributed by atoms with Crippen LogP contribution in [0, 0.1) is 5.82 Å². The molecule has 1 aliphatic rings. The number of hydrogen-bond donors (Lipinski definition) is 0. The Kier molecular flexibility index (Phi) is 5.23. The number of nitrogens with zero attached hydrogens (tertiary/aromatic N) is 2. The summed E-state index contributed by atoms with van der Waals surface area (Å²) in [6.45, 7) is 3.22. The summed E-state index contributed by atoms with van der Waals surface area (Å²) >= 11 is 0. The maximum absolute atomic E-state index is 13.5. The number of sulfonamides is 1. The van der Waals surface area contributed by atoms with E-state index in [-0.39, 0.29) is 5.82 Å². The first kappa shape index (κ1) is 19.1. The summed E-state index contributed by atoms with van der Waals surface area (Å²) in [6, 6.07) is 14.4. The Bertz CT molecular complexity index is 1090. The number of benzene rings is 2. The van der Waals surface area contributed by atoms with E-state index >= 15 is 0 Å². The van der Waals surface area contributed by atoms with E-state index in [1.807, 2.05) is 30.3 Å². The molecule has 0 amide bonds. The number of halogens is 1. The lowest BCUT2D eigenvalue weighted by Gasteiger charge is -2.19. The van der Waals surface area contributed by atoms with Crippen molar-refractivity contribution in [3.8, 4) is 11.1 Å². The topological polar surface area (TPSA) is 53.8 Å². The average molecular weight is 402 g/mol. The maximum atomic E-state index is 13.5. The average Bonchev–Trinajstić information content (AvgIpc) is 2.88. The normalized spacial score (nSPS) is 17.1. The molecule has 7 heteroatoms. The van der Waals surface area contributed by atoms with Crippen molar-refractivity contribution >= 4 is 21.0 Å². The third-order valence-electron chi connectivity index (χ3n) is 5.12. The summed E-state index contributed by atoms with van der Waals surface area (Å²) in [5.74, 6) is 0.592. The molecule has 0 saturated carbocycles. The van der Waals surface area contributed by atoms with E-state index in [2.05, 4.69) is 4.90 Å². The second-order valence-electron chi connectivity index (χ2n) is 7.27. The Morgan fingerprint density at radius 3 is 2.61 bits per heavy atom. The summed E-state index contributed by atoms with van der Waals surface area (Å²) in [4.78, 5) is 2.22. The van der Waals surface area contributed by atoms with E-state index in [4.69, 9.17) is 4.42 Å². The van der Waals surface area contributed by atoms with E-state index in [1.165, 1.54) is 22.7 Å². The molecule has 0 atom stereocenters. The Hall–Kier alpha value is -2.22. The molecule has 148 valence electrons. The molecule has 0 unspecified atom stereocenters. The van der Waals surface area contributed by atoms with E-state index in [0.29, 0.717) is 26.2 Å². The van der Waals surface area contributed by atoms with Crippen LogP contribution in [0.15, 0.2) is 52.9 Å². The van der Waals surface area contributed by atoms with Crippen molar-refractivity contribution in [2.24, 2.45) is 0 Å². The highest BCUT2D eigenvalue weighted by Gasteiger charge is 2.22. The highest BCUT2D eigenvalue weighted by atomic mass is 32.2. The number of hydrogen-bond acceptors (Lipinski definition) is 4. The van der Waals surface area contributed by atoms with Crippen molar-refractivity contribution in [1.82, 2.24) is 9.21 Å². The van der Waals surface area contributed by atoms with Crippen LogP contribution in [0.2, 0.25) is 0 Å². The SMILES string of the molecule is CS(=O)(=O)N1CCCN(Cc2cc3cc(-c4cccc(F)c4)ccc3o2)CC1. The monoisotopic (exact) mass is 402 g/mol. The van der Waals surface area contributed by atoms with Gasteiger partial charge in [0, 0.05) is 25.0 Å². The van der Waals surface area contributed by atoms with Crippen molar-refractivity contribution in [2.45, 2.75) is 13.0 Å². The van der Waals surface area contributed by atoms with Gasteiger partial charge in [0.25, 0.3) is 0 Å². The molecular weight excluding hydrogens is 379 g/mol. The van der Waals surface area contributed by atoms with Crippen molar-refractivity contribution in [3.63, 3.8) is 0 Å². The minimum atomic E-state index is -3.14. The van der Waals surface area contributed by atoms with Gasteiger partial charge in [-0.1, -0.05) is 18.2 Å². The van der Waals surface area contributed by atoms with Crippen LogP contribution in [-0.2, 0) is 16.6 Å². The van der Waals surface area contributed by atoms with E-state index in [0.717, 1.165) is 40.8 Å². The van der Waals surface area contributed by atoms with Gasteiger partial charge in [0.2, 0.25) is 10.0 Å². The van der Waals surface area contributed by atoms with Crippen LogP contribution in [0.25, 0.3) is 22.1 Å². The Balaban J connectivity index is 1.51. The molecule has 1 fully saturated rings. The fourth-order valence-corrected chi connectivity index (χ4v) is 4.56. The van der Waals surface area contributed by atoms with Crippen LogP contribution in [0.1, 0.15) is 12.2 Å².